The fourth-order valence-corrected chi connectivity index (χ4v) is 1.03. The van der Waals surface area contributed by atoms with Crippen LogP contribution < -0.4 is 0 Å². The predicted molar refractivity (Wildman–Crippen MR) is 50.1 cm³/mol. The number of carbonyl (C=O) groups excluding carboxylic acids is 1. The van der Waals surface area contributed by atoms with E-state index in [4.69, 9.17) is 0 Å². The molecular weight excluding hydrogens is 169 g/mol. The van der Waals surface area contributed by atoms with Gasteiger partial charge in [-0.2, -0.15) is 0 Å². The number of carbonyl (C=O) groups is 1. The largest absolute Gasteiger partial charge is 0.333 e. The Balaban J connectivity index is 2.38. The number of rotatable bonds is 1. The second-order valence-electron chi connectivity index (χ2n) is 4.54. The Morgan fingerprint density at radius 3 is 2.38 bits per heavy atom. The van der Waals surface area contributed by atoms with Gasteiger partial charge in [0.1, 0.15) is 6.17 Å². The Hall–Kier alpha value is -0.860. The molecule has 0 saturated carbocycles. The minimum Gasteiger partial charge on any atom is -0.333 e. The first-order chi connectivity index (χ1) is 5.88. The molecule has 0 radical (unpaired) electrons. The molecule has 0 N–H and O–H groups in total. The minimum absolute atomic E-state index is 0.00957. The normalized spacial score (nSPS) is 19.2. The smallest absolute Gasteiger partial charge is 0.246 e. The van der Waals surface area contributed by atoms with Crippen molar-refractivity contribution in [1.82, 2.24) is 4.90 Å². The number of hydrogen-bond acceptors (Lipinski definition) is 1. The van der Waals surface area contributed by atoms with Gasteiger partial charge < -0.3 is 4.90 Å². The first-order valence-electron chi connectivity index (χ1n) is 4.51. The highest BCUT2D eigenvalue weighted by Gasteiger charge is 2.28. The summed E-state index contributed by atoms with van der Waals surface area (Å²) < 4.78 is 12.4. The van der Waals surface area contributed by atoms with Gasteiger partial charge in [0.15, 0.2) is 0 Å². The molecule has 2 nitrogen and oxygen atoms in total. The van der Waals surface area contributed by atoms with Crippen molar-refractivity contribution in [3.8, 4) is 0 Å². The topological polar surface area (TPSA) is 20.3 Å². The van der Waals surface area contributed by atoms with E-state index in [0.29, 0.717) is 0 Å². The van der Waals surface area contributed by atoms with Crippen LogP contribution in [0.5, 0.6) is 0 Å². The molecule has 1 aliphatic heterocycles. The first-order valence-corrected chi connectivity index (χ1v) is 4.51. The molecule has 0 aromatic heterocycles. The van der Waals surface area contributed by atoms with Crippen molar-refractivity contribution in [3.63, 3.8) is 0 Å². The van der Waals surface area contributed by atoms with E-state index >= 15 is 0 Å². The highest BCUT2D eigenvalue weighted by atomic mass is 19.1. The molecule has 0 spiro atoms. The molecule has 13 heavy (non-hydrogen) atoms. The van der Waals surface area contributed by atoms with Crippen LogP contribution in [0.3, 0.4) is 0 Å². The Morgan fingerprint density at radius 2 is 2.00 bits per heavy atom. The molecule has 0 bridgehead atoms. The molecule has 1 rings (SSSR count). The Kier molecular flexibility index (Phi) is 2.74. The first kappa shape index (κ1) is 10.2. The molecule has 3 heteroatoms. The lowest BCUT2D eigenvalue weighted by Crippen LogP contribution is -2.50. The number of halogens is 1. The molecule has 0 unspecified atom stereocenters. The lowest BCUT2D eigenvalue weighted by molar-refractivity contribution is -0.132. The molecule has 0 aromatic rings. The third-order valence-corrected chi connectivity index (χ3v) is 1.87. The standard InChI is InChI=1S/C10H16FNO/c1-10(2,3)5-4-9(13)12-6-8(11)7-12/h4-5,8H,6-7H2,1-3H3/b5-4+. The van der Waals surface area contributed by atoms with E-state index < -0.39 is 6.17 Å². The van der Waals surface area contributed by atoms with E-state index in [-0.39, 0.29) is 24.4 Å². The zero-order valence-corrected chi connectivity index (χ0v) is 8.38. The van der Waals surface area contributed by atoms with E-state index in [0.717, 1.165) is 0 Å². The van der Waals surface area contributed by atoms with E-state index in [2.05, 4.69) is 0 Å². The van der Waals surface area contributed by atoms with Crippen LogP contribution in [-0.4, -0.2) is 30.1 Å². The number of likely N-dealkylation sites (tertiary alicyclic amines) is 1. The molecule has 1 fully saturated rings. The summed E-state index contributed by atoms with van der Waals surface area (Å²) in [6.45, 7) is 6.57. The Bertz CT molecular complexity index is 224. The van der Waals surface area contributed by atoms with Gasteiger partial charge in [-0.3, -0.25) is 4.79 Å². The van der Waals surface area contributed by atoms with Gasteiger partial charge in [-0.15, -0.1) is 0 Å². The van der Waals surface area contributed by atoms with Crippen molar-refractivity contribution in [3.05, 3.63) is 12.2 Å². The molecule has 1 heterocycles. The van der Waals surface area contributed by atoms with Crippen molar-refractivity contribution in [2.45, 2.75) is 26.9 Å². The molecular formula is C10H16FNO. The summed E-state index contributed by atoms with van der Waals surface area (Å²) in [6.07, 6.45) is 2.57. The number of nitrogens with zero attached hydrogens (tertiary/aromatic N) is 1. The van der Waals surface area contributed by atoms with Gasteiger partial charge in [-0.05, 0) is 11.5 Å². The molecule has 0 aliphatic carbocycles. The summed E-state index contributed by atoms with van der Waals surface area (Å²) in [6, 6.07) is 0. The molecule has 0 atom stereocenters. The maximum Gasteiger partial charge on any atom is 0.246 e. The van der Waals surface area contributed by atoms with E-state index in [9.17, 15) is 9.18 Å². The van der Waals surface area contributed by atoms with Gasteiger partial charge in [-0.25, -0.2) is 4.39 Å². The van der Waals surface area contributed by atoms with Gasteiger partial charge >= 0.3 is 0 Å². The average Bonchev–Trinajstić information content (AvgIpc) is 1.93. The maximum absolute atomic E-state index is 12.4. The lowest BCUT2D eigenvalue weighted by Gasteiger charge is -2.33. The summed E-state index contributed by atoms with van der Waals surface area (Å²) >= 11 is 0. The monoisotopic (exact) mass is 185 g/mol. The van der Waals surface area contributed by atoms with Crippen LogP contribution in [-0.2, 0) is 4.79 Å². The number of allylic oxidation sites excluding steroid dienone is 1. The van der Waals surface area contributed by atoms with Crippen molar-refractivity contribution < 1.29 is 9.18 Å². The van der Waals surface area contributed by atoms with Crippen molar-refractivity contribution >= 4 is 5.91 Å². The summed E-state index contributed by atoms with van der Waals surface area (Å²) in [7, 11) is 0. The van der Waals surface area contributed by atoms with Crippen LogP contribution in [0.25, 0.3) is 0 Å². The van der Waals surface area contributed by atoms with Gasteiger partial charge in [0.25, 0.3) is 0 Å². The number of amides is 1. The van der Waals surface area contributed by atoms with Crippen LogP contribution >= 0.6 is 0 Å². The Morgan fingerprint density at radius 1 is 1.46 bits per heavy atom. The third-order valence-electron chi connectivity index (χ3n) is 1.87. The van der Waals surface area contributed by atoms with Crippen LogP contribution in [0.15, 0.2) is 12.2 Å². The van der Waals surface area contributed by atoms with Gasteiger partial charge in [0.05, 0.1) is 13.1 Å². The number of hydrogen-bond donors (Lipinski definition) is 0. The van der Waals surface area contributed by atoms with Crippen LogP contribution in [0, 0.1) is 5.41 Å². The highest BCUT2D eigenvalue weighted by molar-refractivity contribution is 5.88. The summed E-state index contributed by atoms with van der Waals surface area (Å²) in [5, 5.41) is 0. The minimum atomic E-state index is -0.813. The second kappa shape index (κ2) is 3.48. The van der Waals surface area contributed by atoms with Crippen LogP contribution in [0.4, 0.5) is 4.39 Å². The van der Waals surface area contributed by atoms with Gasteiger partial charge in [0.2, 0.25) is 5.91 Å². The summed E-state index contributed by atoms with van der Waals surface area (Å²) in [5.74, 6) is -0.0798. The average molecular weight is 185 g/mol. The molecule has 0 aromatic carbocycles. The molecule has 1 aliphatic rings. The van der Waals surface area contributed by atoms with E-state index in [1.165, 1.54) is 11.0 Å². The van der Waals surface area contributed by atoms with Gasteiger partial charge in [0, 0.05) is 0 Å². The predicted octanol–water partition coefficient (Wildman–Crippen LogP) is 1.77. The lowest BCUT2D eigenvalue weighted by atomic mass is 9.96. The zero-order chi connectivity index (χ0) is 10.1. The van der Waals surface area contributed by atoms with Crippen molar-refractivity contribution in [2.75, 3.05) is 13.1 Å². The van der Waals surface area contributed by atoms with Gasteiger partial charge in [-0.1, -0.05) is 26.8 Å². The molecule has 1 amide bonds. The third kappa shape index (κ3) is 3.17. The number of alkyl halides is 1. The van der Waals surface area contributed by atoms with E-state index in [1.807, 2.05) is 26.8 Å². The van der Waals surface area contributed by atoms with E-state index in [1.54, 1.807) is 0 Å². The highest BCUT2D eigenvalue weighted by Crippen LogP contribution is 2.16. The molecule has 74 valence electrons. The van der Waals surface area contributed by atoms with Crippen molar-refractivity contribution in [2.24, 2.45) is 5.41 Å². The summed E-state index contributed by atoms with van der Waals surface area (Å²) in [4.78, 5) is 12.8. The Labute approximate surface area is 78.4 Å². The SMILES string of the molecule is CC(C)(C)/C=C/C(=O)N1CC(F)C1. The van der Waals surface area contributed by atoms with Crippen molar-refractivity contribution in [1.29, 1.82) is 0 Å². The fourth-order valence-electron chi connectivity index (χ4n) is 1.03. The summed E-state index contributed by atoms with van der Waals surface area (Å²) in [5.41, 5.74) is 0.00957. The van der Waals surface area contributed by atoms with Crippen LogP contribution in [0.1, 0.15) is 20.8 Å². The second-order valence-corrected chi connectivity index (χ2v) is 4.54. The quantitative estimate of drug-likeness (QED) is 0.570. The zero-order valence-electron chi connectivity index (χ0n) is 8.38. The maximum atomic E-state index is 12.4. The molecule has 1 saturated heterocycles. The van der Waals surface area contributed by atoms with Crippen LogP contribution in [0.2, 0.25) is 0 Å². The fraction of sp³-hybridized carbons (Fsp3) is 0.700.